The molecule has 0 saturated carbocycles. The second-order valence-corrected chi connectivity index (χ2v) is 9.01. The second-order valence-electron chi connectivity index (χ2n) is 6.64. The van der Waals surface area contributed by atoms with Gasteiger partial charge < -0.3 is 5.32 Å². The van der Waals surface area contributed by atoms with Crippen LogP contribution in [0.25, 0.3) is 0 Å². The van der Waals surface area contributed by atoms with Crippen LogP contribution in [0, 0.1) is 0 Å². The molecule has 0 aliphatic carbocycles. The van der Waals surface area contributed by atoms with Crippen LogP contribution in [-0.2, 0) is 20.2 Å². The number of nitrogens with zero attached hydrogens (tertiary/aromatic N) is 1. The van der Waals surface area contributed by atoms with Crippen LogP contribution in [0.2, 0.25) is 5.02 Å². The van der Waals surface area contributed by atoms with Crippen molar-refractivity contribution in [1.82, 2.24) is 9.62 Å². The molecule has 1 N–H and O–H groups in total. The summed E-state index contributed by atoms with van der Waals surface area (Å²) >= 11 is 5.90. The molecule has 128 valence electrons. The summed E-state index contributed by atoms with van der Waals surface area (Å²) in [5, 5.41) is 3.57. The molecular formula is C16H23ClN2O3S. The van der Waals surface area contributed by atoms with E-state index in [9.17, 15) is 13.2 Å². The third-order valence-corrected chi connectivity index (χ3v) is 5.80. The summed E-state index contributed by atoms with van der Waals surface area (Å²) in [5.41, 5.74) is 0.794. The van der Waals surface area contributed by atoms with Crippen molar-refractivity contribution in [1.29, 1.82) is 0 Å². The molecule has 0 bridgehead atoms. The van der Waals surface area contributed by atoms with Crippen LogP contribution in [0.1, 0.15) is 32.3 Å². The van der Waals surface area contributed by atoms with Gasteiger partial charge in [0.05, 0.1) is 6.26 Å². The van der Waals surface area contributed by atoms with Gasteiger partial charge in [-0.1, -0.05) is 37.6 Å². The minimum Gasteiger partial charge on any atom is -0.354 e. The van der Waals surface area contributed by atoms with E-state index in [4.69, 9.17) is 11.6 Å². The van der Waals surface area contributed by atoms with E-state index in [0.717, 1.165) is 11.8 Å². The number of benzene rings is 1. The monoisotopic (exact) mass is 358 g/mol. The number of halogens is 1. The zero-order valence-corrected chi connectivity index (χ0v) is 15.2. The summed E-state index contributed by atoms with van der Waals surface area (Å²) in [6.45, 7) is 4.90. The Labute approximate surface area is 143 Å². The molecule has 1 fully saturated rings. The molecule has 2 rings (SSSR count). The Morgan fingerprint density at radius 1 is 1.35 bits per heavy atom. The van der Waals surface area contributed by atoms with Crippen molar-refractivity contribution in [3.05, 3.63) is 34.9 Å². The Hall–Kier alpha value is -1.11. The van der Waals surface area contributed by atoms with Crippen LogP contribution in [0.5, 0.6) is 0 Å². The van der Waals surface area contributed by atoms with Crippen LogP contribution >= 0.6 is 11.6 Å². The Morgan fingerprint density at radius 3 is 2.52 bits per heavy atom. The summed E-state index contributed by atoms with van der Waals surface area (Å²) in [5.74, 6) is -0.227. The van der Waals surface area contributed by atoms with E-state index in [1.807, 2.05) is 38.1 Å². The maximum atomic E-state index is 12.4. The van der Waals surface area contributed by atoms with Crippen molar-refractivity contribution < 1.29 is 13.2 Å². The van der Waals surface area contributed by atoms with E-state index < -0.39 is 16.1 Å². The number of carbonyl (C=O) groups is 1. The van der Waals surface area contributed by atoms with Crippen LogP contribution in [0.3, 0.4) is 0 Å². The first kappa shape index (κ1) is 18.2. The van der Waals surface area contributed by atoms with Gasteiger partial charge in [0.25, 0.3) is 0 Å². The van der Waals surface area contributed by atoms with Gasteiger partial charge in [-0.15, -0.1) is 0 Å². The topological polar surface area (TPSA) is 66.5 Å². The van der Waals surface area contributed by atoms with E-state index in [1.165, 1.54) is 4.31 Å². The third-order valence-electron chi connectivity index (χ3n) is 4.26. The molecular weight excluding hydrogens is 336 g/mol. The molecule has 1 aliphatic rings. The highest BCUT2D eigenvalue weighted by atomic mass is 35.5. The first-order valence-corrected chi connectivity index (χ1v) is 9.84. The summed E-state index contributed by atoms with van der Waals surface area (Å²) in [4.78, 5) is 12.4. The lowest BCUT2D eigenvalue weighted by Gasteiger charge is -2.28. The Morgan fingerprint density at radius 2 is 1.96 bits per heavy atom. The molecule has 1 atom stereocenters. The molecule has 1 amide bonds. The molecule has 1 aromatic carbocycles. The van der Waals surface area contributed by atoms with Crippen LogP contribution in [-0.4, -0.2) is 44.0 Å². The predicted molar refractivity (Wildman–Crippen MR) is 92.1 cm³/mol. The maximum Gasteiger partial charge on any atom is 0.238 e. The van der Waals surface area contributed by atoms with Crippen molar-refractivity contribution in [2.45, 2.75) is 38.1 Å². The van der Waals surface area contributed by atoms with Gasteiger partial charge in [-0.2, -0.15) is 4.31 Å². The highest BCUT2D eigenvalue weighted by molar-refractivity contribution is 7.88. The molecule has 0 radical (unpaired) electrons. The van der Waals surface area contributed by atoms with Gasteiger partial charge in [-0.25, -0.2) is 8.42 Å². The zero-order valence-electron chi connectivity index (χ0n) is 13.7. The number of amides is 1. The molecule has 1 saturated heterocycles. The first-order valence-electron chi connectivity index (χ1n) is 7.62. The second kappa shape index (κ2) is 6.79. The van der Waals surface area contributed by atoms with Crippen LogP contribution < -0.4 is 5.32 Å². The largest absolute Gasteiger partial charge is 0.354 e. The smallest absolute Gasteiger partial charge is 0.238 e. The number of rotatable bonds is 5. The molecule has 0 spiro atoms. The van der Waals surface area contributed by atoms with Gasteiger partial charge in [-0.05, 0) is 30.5 Å². The summed E-state index contributed by atoms with van der Waals surface area (Å²) < 4.78 is 24.8. The normalized spacial score (nSPS) is 19.7. The van der Waals surface area contributed by atoms with Gasteiger partial charge in [0, 0.05) is 23.5 Å². The van der Waals surface area contributed by atoms with Gasteiger partial charge in [0.15, 0.2) is 0 Å². The Bertz CT molecular complexity index is 671. The minimum absolute atomic E-state index is 0.227. The molecule has 1 aromatic rings. The van der Waals surface area contributed by atoms with Gasteiger partial charge in [0.2, 0.25) is 15.9 Å². The Balaban J connectivity index is 2.02. The SMILES string of the molecule is CC(C)(CNC(=O)[C@@H]1CCCN1S(C)(=O)=O)c1ccc(Cl)cc1. The molecule has 23 heavy (non-hydrogen) atoms. The molecule has 5 nitrogen and oxygen atoms in total. The third kappa shape index (κ3) is 4.46. The predicted octanol–water partition coefficient (Wildman–Crippen LogP) is 2.16. The fourth-order valence-electron chi connectivity index (χ4n) is 2.83. The van der Waals surface area contributed by atoms with E-state index in [2.05, 4.69) is 5.32 Å². The summed E-state index contributed by atoms with van der Waals surface area (Å²) in [7, 11) is -3.35. The minimum atomic E-state index is -3.35. The number of hydrogen-bond donors (Lipinski definition) is 1. The first-order chi connectivity index (χ1) is 10.6. The average molecular weight is 359 g/mol. The number of nitrogens with one attached hydrogen (secondary N) is 1. The quantitative estimate of drug-likeness (QED) is 0.877. The number of sulfonamides is 1. The van der Waals surface area contributed by atoms with Crippen LogP contribution in [0.15, 0.2) is 24.3 Å². The summed E-state index contributed by atoms with van der Waals surface area (Å²) in [6.07, 6.45) is 2.43. The van der Waals surface area contributed by atoms with E-state index in [-0.39, 0.29) is 11.3 Å². The lowest BCUT2D eigenvalue weighted by Crippen LogP contribution is -2.48. The fourth-order valence-corrected chi connectivity index (χ4v) is 4.08. The Kier molecular flexibility index (Phi) is 5.38. The highest BCUT2D eigenvalue weighted by Gasteiger charge is 2.36. The van der Waals surface area contributed by atoms with Crippen molar-refractivity contribution in [3.63, 3.8) is 0 Å². The van der Waals surface area contributed by atoms with Crippen molar-refractivity contribution in [2.75, 3.05) is 19.3 Å². The zero-order chi connectivity index (χ0) is 17.3. The molecule has 0 unspecified atom stereocenters. The van der Waals surface area contributed by atoms with Crippen molar-refractivity contribution in [3.8, 4) is 0 Å². The van der Waals surface area contributed by atoms with E-state index in [1.54, 1.807) is 0 Å². The highest BCUT2D eigenvalue weighted by Crippen LogP contribution is 2.25. The van der Waals surface area contributed by atoms with Gasteiger partial charge in [0.1, 0.15) is 6.04 Å². The standard InChI is InChI=1S/C16H23ClN2O3S/c1-16(2,12-6-8-13(17)9-7-12)11-18-15(20)14-5-4-10-19(14)23(3,21)22/h6-9,14H,4-5,10-11H2,1-3H3,(H,18,20)/t14-/m0/s1. The number of hydrogen-bond acceptors (Lipinski definition) is 3. The van der Waals surface area contributed by atoms with Crippen molar-refractivity contribution in [2.24, 2.45) is 0 Å². The molecule has 1 aliphatic heterocycles. The van der Waals surface area contributed by atoms with Gasteiger partial charge in [-0.3, -0.25) is 4.79 Å². The van der Waals surface area contributed by atoms with Crippen molar-refractivity contribution >= 4 is 27.5 Å². The number of carbonyl (C=O) groups excluding carboxylic acids is 1. The lowest BCUT2D eigenvalue weighted by atomic mass is 9.84. The molecule has 1 heterocycles. The van der Waals surface area contributed by atoms with E-state index in [0.29, 0.717) is 31.0 Å². The summed E-state index contributed by atoms with van der Waals surface area (Å²) in [6, 6.07) is 6.93. The fraction of sp³-hybridized carbons (Fsp3) is 0.562. The van der Waals surface area contributed by atoms with Gasteiger partial charge >= 0.3 is 0 Å². The van der Waals surface area contributed by atoms with Crippen LogP contribution in [0.4, 0.5) is 0 Å². The van der Waals surface area contributed by atoms with E-state index >= 15 is 0 Å². The maximum absolute atomic E-state index is 12.4. The molecule has 0 aromatic heterocycles. The average Bonchev–Trinajstić information content (AvgIpc) is 2.95. The lowest BCUT2D eigenvalue weighted by molar-refractivity contribution is -0.124. The molecule has 7 heteroatoms.